The first-order valence-electron chi connectivity index (χ1n) is 5.96. The Balaban J connectivity index is 1.64. The van der Waals surface area contributed by atoms with Crippen molar-refractivity contribution in [1.82, 2.24) is 10.2 Å². The number of carbonyl (C=O) groups is 1. The molecule has 84 valence electrons. The van der Waals surface area contributed by atoms with Gasteiger partial charge in [0.2, 0.25) is 5.91 Å². The molecule has 3 aliphatic rings. The number of nitrogens with zero attached hydrogens (tertiary/aromatic N) is 1. The van der Waals surface area contributed by atoms with Crippen LogP contribution in [0.15, 0.2) is 0 Å². The first kappa shape index (κ1) is 9.60. The molecule has 1 amide bonds. The molecule has 2 heterocycles. The number of hydrogen-bond donors (Lipinski definition) is 1. The molecule has 2 bridgehead atoms. The van der Waals surface area contributed by atoms with Gasteiger partial charge in [0, 0.05) is 19.1 Å². The maximum Gasteiger partial charge on any atom is 0.242 e. The molecule has 1 aliphatic carbocycles. The Hall–Kier alpha value is -0.610. The van der Waals surface area contributed by atoms with Gasteiger partial charge in [0.1, 0.15) is 6.04 Å². The molecule has 3 rings (SSSR count). The van der Waals surface area contributed by atoms with Gasteiger partial charge in [0.15, 0.2) is 0 Å². The fourth-order valence-electron chi connectivity index (χ4n) is 3.12. The Morgan fingerprint density at radius 2 is 2.33 bits per heavy atom. The fraction of sp³-hybridized carbons (Fsp3) is 0.909. The second-order valence-electron chi connectivity index (χ2n) is 4.91. The largest absolute Gasteiger partial charge is 0.378 e. The monoisotopic (exact) mass is 210 g/mol. The van der Waals surface area contributed by atoms with Crippen LogP contribution in [0, 0.1) is 5.92 Å². The minimum atomic E-state index is -0.0851. The van der Waals surface area contributed by atoms with Gasteiger partial charge in [-0.05, 0) is 25.2 Å². The quantitative estimate of drug-likeness (QED) is 0.661. The summed E-state index contributed by atoms with van der Waals surface area (Å²) in [6.45, 7) is 3.07. The Kier molecular flexibility index (Phi) is 2.41. The molecule has 1 saturated carbocycles. The Bertz CT molecular complexity index is 263. The van der Waals surface area contributed by atoms with Crippen molar-refractivity contribution in [3.63, 3.8) is 0 Å². The van der Waals surface area contributed by atoms with E-state index in [-0.39, 0.29) is 11.9 Å². The highest BCUT2D eigenvalue weighted by Gasteiger charge is 2.42. The van der Waals surface area contributed by atoms with Crippen molar-refractivity contribution in [2.75, 3.05) is 26.3 Å². The predicted octanol–water partition coefficient (Wildman–Crippen LogP) is -0.0143. The molecule has 2 aliphatic heterocycles. The van der Waals surface area contributed by atoms with Crippen LogP contribution >= 0.6 is 0 Å². The molecule has 0 radical (unpaired) electrons. The fourth-order valence-corrected chi connectivity index (χ4v) is 3.12. The molecule has 0 spiro atoms. The Morgan fingerprint density at radius 1 is 1.40 bits per heavy atom. The highest BCUT2D eigenvalue weighted by atomic mass is 16.5. The van der Waals surface area contributed by atoms with Crippen molar-refractivity contribution in [2.24, 2.45) is 5.92 Å². The first-order valence-corrected chi connectivity index (χ1v) is 5.96. The molecule has 0 aromatic carbocycles. The summed E-state index contributed by atoms with van der Waals surface area (Å²) in [5.41, 5.74) is 0. The number of amides is 1. The molecule has 4 heteroatoms. The number of fused-ring (bicyclic) bond motifs is 2. The van der Waals surface area contributed by atoms with Crippen molar-refractivity contribution in [3.8, 4) is 0 Å². The number of ether oxygens (including phenoxy) is 1. The topological polar surface area (TPSA) is 41.6 Å². The number of carbonyl (C=O) groups excluding carboxylic acids is 1. The highest BCUT2D eigenvalue weighted by molar-refractivity contribution is 5.82. The third kappa shape index (κ3) is 1.66. The number of hydrogen-bond acceptors (Lipinski definition) is 3. The number of nitrogens with one attached hydrogen (secondary N) is 1. The maximum absolute atomic E-state index is 12.2. The third-order valence-corrected chi connectivity index (χ3v) is 3.91. The zero-order chi connectivity index (χ0) is 10.3. The second-order valence-corrected chi connectivity index (χ2v) is 4.91. The predicted molar refractivity (Wildman–Crippen MR) is 55.5 cm³/mol. The number of likely N-dealkylation sites (tertiary alicyclic amines) is 1. The van der Waals surface area contributed by atoms with E-state index in [0.717, 1.165) is 25.6 Å². The van der Waals surface area contributed by atoms with E-state index >= 15 is 0 Å². The van der Waals surface area contributed by atoms with Crippen LogP contribution in [0.1, 0.15) is 19.3 Å². The van der Waals surface area contributed by atoms with Crippen LogP contribution in [0.3, 0.4) is 0 Å². The Morgan fingerprint density at radius 3 is 2.93 bits per heavy atom. The van der Waals surface area contributed by atoms with Crippen LogP contribution in [0.5, 0.6) is 0 Å². The number of piperidine rings is 1. The lowest BCUT2D eigenvalue weighted by atomic mass is 10.1. The summed E-state index contributed by atoms with van der Waals surface area (Å²) < 4.78 is 5.33. The Labute approximate surface area is 90.0 Å². The molecule has 1 N–H and O–H groups in total. The van der Waals surface area contributed by atoms with Gasteiger partial charge in [-0.25, -0.2) is 0 Å². The summed E-state index contributed by atoms with van der Waals surface area (Å²) in [6.07, 6.45) is 3.77. The van der Waals surface area contributed by atoms with Gasteiger partial charge in [-0.15, -0.1) is 0 Å². The normalized spacial score (nSPS) is 39.7. The van der Waals surface area contributed by atoms with E-state index in [4.69, 9.17) is 4.74 Å². The van der Waals surface area contributed by atoms with E-state index in [1.54, 1.807) is 0 Å². The number of rotatable bonds is 1. The lowest BCUT2D eigenvalue weighted by molar-refractivity contribution is -0.138. The van der Waals surface area contributed by atoms with E-state index in [0.29, 0.717) is 12.6 Å². The van der Waals surface area contributed by atoms with Gasteiger partial charge in [-0.1, -0.05) is 0 Å². The smallest absolute Gasteiger partial charge is 0.242 e. The summed E-state index contributed by atoms with van der Waals surface area (Å²) in [5.74, 6) is 1.05. The highest BCUT2D eigenvalue weighted by Crippen LogP contribution is 2.37. The van der Waals surface area contributed by atoms with Gasteiger partial charge in [0.05, 0.1) is 13.2 Å². The standard InChI is InChI=1S/C11H18N2O2/c14-11(10-7-15-4-3-12-10)13-6-8-1-2-9(13)5-8/h8-10,12H,1-7H2. The number of morpholine rings is 1. The SMILES string of the molecule is O=C(C1COCCN1)N1CC2CCC1C2. The maximum atomic E-state index is 12.2. The summed E-state index contributed by atoms with van der Waals surface area (Å²) in [7, 11) is 0. The van der Waals surface area contributed by atoms with Gasteiger partial charge in [0.25, 0.3) is 0 Å². The minimum absolute atomic E-state index is 0.0851. The van der Waals surface area contributed by atoms with E-state index < -0.39 is 0 Å². The molecule has 3 fully saturated rings. The van der Waals surface area contributed by atoms with Crippen molar-refractivity contribution >= 4 is 5.91 Å². The van der Waals surface area contributed by atoms with E-state index in [9.17, 15) is 4.79 Å². The van der Waals surface area contributed by atoms with E-state index in [2.05, 4.69) is 10.2 Å². The molecular formula is C11H18N2O2. The van der Waals surface area contributed by atoms with Gasteiger partial charge >= 0.3 is 0 Å². The van der Waals surface area contributed by atoms with Crippen LogP contribution in [0.4, 0.5) is 0 Å². The van der Waals surface area contributed by atoms with Crippen LogP contribution in [0.2, 0.25) is 0 Å². The molecule has 3 unspecified atom stereocenters. The van der Waals surface area contributed by atoms with E-state index in [1.165, 1.54) is 19.3 Å². The summed E-state index contributed by atoms with van der Waals surface area (Å²) in [5, 5.41) is 3.24. The lowest BCUT2D eigenvalue weighted by Crippen LogP contribution is -2.54. The molecule has 0 aromatic heterocycles. The average Bonchev–Trinajstić information content (AvgIpc) is 2.91. The first-order chi connectivity index (χ1) is 7.34. The molecule has 0 aromatic rings. The van der Waals surface area contributed by atoms with Crippen molar-refractivity contribution in [3.05, 3.63) is 0 Å². The molecule has 4 nitrogen and oxygen atoms in total. The van der Waals surface area contributed by atoms with Crippen LogP contribution < -0.4 is 5.32 Å². The molecular weight excluding hydrogens is 192 g/mol. The third-order valence-electron chi connectivity index (χ3n) is 3.91. The van der Waals surface area contributed by atoms with Crippen LogP contribution in [-0.4, -0.2) is 49.2 Å². The van der Waals surface area contributed by atoms with Gasteiger partial charge in [-0.2, -0.15) is 0 Å². The molecule has 15 heavy (non-hydrogen) atoms. The minimum Gasteiger partial charge on any atom is -0.378 e. The summed E-state index contributed by atoms with van der Waals surface area (Å²) >= 11 is 0. The summed E-state index contributed by atoms with van der Waals surface area (Å²) in [6, 6.07) is 0.448. The molecule has 2 saturated heterocycles. The second kappa shape index (κ2) is 3.76. The summed E-state index contributed by atoms with van der Waals surface area (Å²) in [4.78, 5) is 14.3. The van der Waals surface area contributed by atoms with E-state index in [1.807, 2.05) is 0 Å². The average molecular weight is 210 g/mol. The van der Waals surface area contributed by atoms with Gasteiger partial charge in [-0.3, -0.25) is 4.79 Å². The van der Waals surface area contributed by atoms with Crippen molar-refractivity contribution in [2.45, 2.75) is 31.3 Å². The molecule has 3 atom stereocenters. The lowest BCUT2D eigenvalue weighted by Gasteiger charge is -2.32. The van der Waals surface area contributed by atoms with Gasteiger partial charge < -0.3 is 15.0 Å². The zero-order valence-electron chi connectivity index (χ0n) is 8.95. The van der Waals surface area contributed by atoms with Crippen molar-refractivity contribution < 1.29 is 9.53 Å². The zero-order valence-corrected chi connectivity index (χ0v) is 8.95. The van der Waals surface area contributed by atoms with Crippen LogP contribution in [-0.2, 0) is 9.53 Å². The van der Waals surface area contributed by atoms with Crippen LogP contribution in [0.25, 0.3) is 0 Å². The van der Waals surface area contributed by atoms with Crippen molar-refractivity contribution in [1.29, 1.82) is 0 Å².